The average Bonchev–Trinajstić information content (AvgIpc) is 2.63. The van der Waals surface area contributed by atoms with Crippen LogP contribution in [-0.2, 0) is 0 Å². The molecule has 0 radical (unpaired) electrons. The maximum Gasteiger partial charge on any atom is 0.280 e. The molecule has 1 aliphatic heterocycles. The number of amides is 1. The molecule has 1 aliphatic carbocycles. The summed E-state index contributed by atoms with van der Waals surface area (Å²) in [6.45, 7) is 5.31. The topological polar surface area (TPSA) is 35.6 Å². The molecule has 1 amide bonds. The van der Waals surface area contributed by atoms with E-state index in [1.165, 1.54) is 25.8 Å². The predicted octanol–water partition coefficient (Wildman–Crippen LogP) is 5.21. The van der Waals surface area contributed by atoms with Gasteiger partial charge in [-0.2, -0.15) is 0 Å². The van der Waals surface area contributed by atoms with Gasteiger partial charge in [-0.25, -0.2) is 0 Å². The fourth-order valence-electron chi connectivity index (χ4n) is 4.07. The minimum atomic E-state index is 0.0729. The van der Waals surface area contributed by atoms with Gasteiger partial charge in [0, 0.05) is 54.8 Å². The number of anilines is 1. The van der Waals surface area contributed by atoms with Crippen LogP contribution < -0.4 is 10.2 Å². The molecule has 3 rings (SSSR count). The first-order valence-electron chi connectivity index (χ1n) is 9.40. The average molecular weight is 510 g/mol. The van der Waals surface area contributed by atoms with E-state index in [1.807, 2.05) is 34.7 Å². The van der Waals surface area contributed by atoms with Crippen LogP contribution in [-0.4, -0.2) is 47.6 Å². The number of hydrogen-bond acceptors (Lipinski definition) is 3. The van der Waals surface area contributed by atoms with E-state index in [-0.39, 0.29) is 3.91 Å². The lowest BCUT2D eigenvalue weighted by Gasteiger charge is -2.37. The van der Waals surface area contributed by atoms with Crippen LogP contribution in [0, 0.1) is 5.92 Å². The van der Waals surface area contributed by atoms with E-state index in [4.69, 9.17) is 23.2 Å². The van der Waals surface area contributed by atoms with Gasteiger partial charge in [-0.05, 0) is 56.7 Å². The van der Waals surface area contributed by atoms with Crippen LogP contribution in [0.25, 0.3) is 0 Å². The van der Waals surface area contributed by atoms with Gasteiger partial charge in [0.05, 0.1) is 15.7 Å². The quantitative estimate of drug-likeness (QED) is 0.336. The second-order valence-electron chi connectivity index (χ2n) is 7.33. The third-order valence-corrected chi connectivity index (χ3v) is 6.78. The van der Waals surface area contributed by atoms with Crippen molar-refractivity contribution in [3.8, 4) is 0 Å². The van der Waals surface area contributed by atoms with Crippen molar-refractivity contribution < 1.29 is 4.79 Å². The van der Waals surface area contributed by atoms with Crippen molar-refractivity contribution in [1.82, 2.24) is 10.2 Å². The van der Waals surface area contributed by atoms with Crippen LogP contribution in [0.5, 0.6) is 0 Å². The Hall–Kier alpha value is -0.240. The van der Waals surface area contributed by atoms with Crippen LogP contribution in [0.15, 0.2) is 18.2 Å². The minimum Gasteiger partial charge on any atom is -0.368 e. The smallest absolute Gasteiger partial charge is 0.280 e. The lowest BCUT2D eigenvalue weighted by Crippen LogP contribution is -2.47. The van der Waals surface area contributed by atoms with Crippen LogP contribution in [0.4, 0.5) is 10.5 Å². The maximum absolute atomic E-state index is 11.1. The standard InChI is InChI=1S/C19H26Cl2IN3O/c20-16-2-1-3-17(18(16)21)25-12-10-24(11-13-25)9-8-14-4-6-15(7-5-14)23-19(22)26/h1-3,14-15H,4-13H2,(H,23,26). The minimum absolute atomic E-state index is 0.0729. The Balaban J connectivity index is 1.38. The molecule has 1 aromatic rings. The molecule has 7 heteroatoms. The molecule has 4 nitrogen and oxygen atoms in total. The fourth-order valence-corrected chi connectivity index (χ4v) is 4.93. The molecule has 1 heterocycles. The summed E-state index contributed by atoms with van der Waals surface area (Å²) in [6.07, 6.45) is 5.99. The number of nitrogens with zero attached hydrogens (tertiary/aromatic N) is 2. The summed E-state index contributed by atoms with van der Waals surface area (Å²) < 4.78 is 0.0729. The number of rotatable bonds is 5. The van der Waals surface area contributed by atoms with Crippen molar-refractivity contribution in [2.45, 2.75) is 38.1 Å². The molecule has 2 fully saturated rings. The molecule has 1 aromatic carbocycles. The summed E-state index contributed by atoms with van der Waals surface area (Å²) in [6, 6.07) is 6.25. The van der Waals surface area contributed by atoms with Gasteiger partial charge in [-0.1, -0.05) is 29.3 Å². The number of carbonyl (C=O) groups is 1. The van der Waals surface area contributed by atoms with Crippen molar-refractivity contribution >= 4 is 55.4 Å². The number of halogens is 3. The summed E-state index contributed by atoms with van der Waals surface area (Å²) in [7, 11) is 0. The van der Waals surface area contributed by atoms with Gasteiger partial charge in [0.15, 0.2) is 0 Å². The van der Waals surface area contributed by atoms with Crippen LogP contribution in [0.2, 0.25) is 10.0 Å². The van der Waals surface area contributed by atoms with E-state index in [0.29, 0.717) is 16.1 Å². The van der Waals surface area contributed by atoms with E-state index in [0.717, 1.165) is 50.6 Å². The lowest BCUT2D eigenvalue weighted by atomic mass is 9.84. The van der Waals surface area contributed by atoms with Gasteiger partial charge in [-0.3, -0.25) is 9.69 Å². The maximum atomic E-state index is 11.1. The Kier molecular flexibility index (Phi) is 7.73. The zero-order valence-electron chi connectivity index (χ0n) is 14.9. The molecule has 26 heavy (non-hydrogen) atoms. The Morgan fingerprint density at radius 1 is 1.12 bits per heavy atom. The highest BCUT2D eigenvalue weighted by Crippen LogP contribution is 2.33. The summed E-state index contributed by atoms with van der Waals surface area (Å²) in [5.74, 6) is 0.803. The first-order valence-corrected chi connectivity index (χ1v) is 11.2. The monoisotopic (exact) mass is 509 g/mol. The zero-order chi connectivity index (χ0) is 18.5. The number of carbonyl (C=O) groups excluding carboxylic acids is 1. The van der Waals surface area contributed by atoms with Gasteiger partial charge in [0.25, 0.3) is 3.91 Å². The molecule has 0 bridgehead atoms. The van der Waals surface area contributed by atoms with Crippen molar-refractivity contribution in [2.75, 3.05) is 37.6 Å². The highest BCUT2D eigenvalue weighted by Gasteiger charge is 2.24. The van der Waals surface area contributed by atoms with Gasteiger partial charge in [0.2, 0.25) is 0 Å². The second kappa shape index (κ2) is 9.80. The molecule has 1 saturated heterocycles. The van der Waals surface area contributed by atoms with Crippen LogP contribution >= 0.6 is 45.8 Å². The van der Waals surface area contributed by atoms with E-state index in [2.05, 4.69) is 21.2 Å². The van der Waals surface area contributed by atoms with E-state index < -0.39 is 0 Å². The fraction of sp³-hybridized carbons (Fsp3) is 0.632. The highest BCUT2D eigenvalue weighted by atomic mass is 127. The first-order chi connectivity index (χ1) is 12.5. The van der Waals surface area contributed by atoms with Crippen molar-refractivity contribution in [1.29, 1.82) is 0 Å². The molecule has 1 saturated carbocycles. The van der Waals surface area contributed by atoms with Gasteiger partial charge in [-0.15, -0.1) is 0 Å². The predicted molar refractivity (Wildman–Crippen MR) is 118 cm³/mol. The summed E-state index contributed by atoms with van der Waals surface area (Å²) in [5, 5.41) is 4.34. The number of benzene rings is 1. The van der Waals surface area contributed by atoms with E-state index in [9.17, 15) is 4.79 Å². The molecule has 0 atom stereocenters. The second-order valence-corrected chi connectivity index (χ2v) is 9.09. The molecule has 0 unspecified atom stereocenters. The number of piperazine rings is 1. The van der Waals surface area contributed by atoms with Crippen molar-refractivity contribution in [3.05, 3.63) is 28.2 Å². The normalized spacial score (nSPS) is 24.5. The Bertz CT molecular complexity index is 615. The number of hydrogen-bond donors (Lipinski definition) is 1. The Morgan fingerprint density at radius 3 is 2.46 bits per heavy atom. The molecular formula is C19H26Cl2IN3O. The highest BCUT2D eigenvalue weighted by molar-refractivity contribution is 14.1. The van der Waals surface area contributed by atoms with Gasteiger partial charge >= 0.3 is 0 Å². The largest absolute Gasteiger partial charge is 0.368 e. The molecule has 0 spiro atoms. The third kappa shape index (κ3) is 5.63. The van der Waals surface area contributed by atoms with Crippen LogP contribution in [0.3, 0.4) is 0 Å². The van der Waals surface area contributed by atoms with Gasteiger partial charge < -0.3 is 10.2 Å². The van der Waals surface area contributed by atoms with E-state index >= 15 is 0 Å². The third-order valence-electron chi connectivity index (χ3n) is 5.66. The van der Waals surface area contributed by atoms with Crippen LogP contribution in [0.1, 0.15) is 32.1 Å². The molecule has 144 valence electrons. The first kappa shape index (κ1) is 20.5. The molecular weight excluding hydrogens is 484 g/mol. The molecule has 2 aliphatic rings. The summed E-state index contributed by atoms with van der Waals surface area (Å²) >= 11 is 14.3. The molecule has 0 aromatic heterocycles. The van der Waals surface area contributed by atoms with Gasteiger partial charge in [0.1, 0.15) is 0 Å². The summed E-state index contributed by atoms with van der Waals surface area (Å²) in [4.78, 5) is 16.0. The van der Waals surface area contributed by atoms with Crippen molar-refractivity contribution in [2.24, 2.45) is 5.92 Å². The Labute approximate surface area is 179 Å². The zero-order valence-corrected chi connectivity index (χ0v) is 18.6. The number of nitrogens with one attached hydrogen (secondary N) is 1. The molecule has 1 N–H and O–H groups in total. The summed E-state index contributed by atoms with van der Waals surface area (Å²) in [5.41, 5.74) is 1.05. The van der Waals surface area contributed by atoms with E-state index in [1.54, 1.807) is 0 Å². The SMILES string of the molecule is O=C(I)NC1CCC(CCN2CCN(c3cccc(Cl)c3Cl)CC2)CC1. The Morgan fingerprint density at radius 2 is 1.81 bits per heavy atom. The van der Waals surface area contributed by atoms with Crippen molar-refractivity contribution in [3.63, 3.8) is 0 Å². The lowest BCUT2D eigenvalue weighted by molar-refractivity contribution is 0.210.